The van der Waals surface area contributed by atoms with E-state index in [-0.39, 0.29) is 17.9 Å². The zero-order valence-electron chi connectivity index (χ0n) is 14.4. The molecular formula is C17H19N3O4S2. The van der Waals surface area contributed by atoms with Gasteiger partial charge in [-0.1, -0.05) is 6.92 Å². The number of hydrogen-bond acceptors (Lipinski definition) is 7. The highest BCUT2D eigenvalue weighted by Crippen LogP contribution is 2.47. The molecule has 1 fully saturated rings. The molecule has 9 heteroatoms. The molecule has 3 atom stereocenters. The number of carbonyl (C=O) groups is 2. The lowest BCUT2D eigenvalue weighted by Crippen LogP contribution is -2.52. The van der Waals surface area contributed by atoms with Crippen LogP contribution >= 0.6 is 23.1 Å². The first kappa shape index (κ1) is 17.6. The first-order valence-electron chi connectivity index (χ1n) is 8.45. The summed E-state index contributed by atoms with van der Waals surface area (Å²) in [5.41, 5.74) is 0.299. The predicted octanol–water partition coefficient (Wildman–Crippen LogP) is 2.02. The van der Waals surface area contributed by atoms with Crippen LogP contribution in [0.5, 0.6) is 0 Å². The van der Waals surface area contributed by atoms with Crippen LogP contribution in [0.2, 0.25) is 0 Å². The van der Waals surface area contributed by atoms with E-state index < -0.39 is 12.3 Å². The number of rotatable bonds is 6. The molecule has 4 heterocycles. The van der Waals surface area contributed by atoms with Crippen molar-refractivity contribution in [3.05, 3.63) is 34.2 Å². The average molecular weight is 393 g/mol. The zero-order chi connectivity index (χ0) is 18.4. The first-order chi connectivity index (χ1) is 12.5. The molecule has 0 aromatic carbocycles. The van der Waals surface area contributed by atoms with Gasteiger partial charge in [0.25, 0.3) is 0 Å². The van der Waals surface area contributed by atoms with Gasteiger partial charge in [0, 0.05) is 41.0 Å². The SMILES string of the molecule is C[C@H](O)OC(=O)C1=C(SCCc2ncc3sccn23)[C@H](C)[C@@H]2CC(=O)N12. The number of ether oxygens (including phenoxy) is 1. The quantitative estimate of drug-likeness (QED) is 0.459. The molecule has 0 aliphatic carbocycles. The minimum atomic E-state index is -1.20. The Hall–Kier alpha value is -1.84. The fraction of sp³-hybridized carbons (Fsp3) is 0.471. The zero-order valence-corrected chi connectivity index (χ0v) is 16.0. The number of aromatic nitrogens is 2. The van der Waals surface area contributed by atoms with Crippen LogP contribution in [0.1, 0.15) is 26.1 Å². The maximum absolute atomic E-state index is 12.4. The minimum Gasteiger partial charge on any atom is -0.432 e. The van der Waals surface area contributed by atoms with Crippen molar-refractivity contribution in [3.63, 3.8) is 0 Å². The molecule has 0 radical (unpaired) electrons. The Labute approximate surface area is 158 Å². The van der Waals surface area contributed by atoms with Crippen molar-refractivity contribution in [1.29, 1.82) is 0 Å². The number of amides is 1. The fourth-order valence-electron chi connectivity index (χ4n) is 3.48. The molecule has 2 aliphatic heterocycles. The third kappa shape index (κ3) is 2.83. The Morgan fingerprint density at radius 1 is 1.58 bits per heavy atom. The van der Waals surface area contributed by atoms with Crippen molar-refractivity contribution in [2.24, 2.45) is 5.92 Å². The molecule has 1 saturated heterocycles. The molecule has 2 aliphatic rings. The molecule has 1 amide bonds. The number of nitrogens with zero attached hydrogens (tertiary/aromatic N) is 3. The largest absolute Gasteiger partial charge is 0.432 e. The fourth-order valence-corrected chi connectivity index (χ4v) is 5.44. The highest BCUT2D eigenvalue weighted by atomic mass is 32.2. The molecule has 2 aromatic rings. The Balaban J connectivity index is 1.52. The third-order valence-electron chi connectivity index (χ3n) is 4.74. The van der Waals surface area contributed by atoms with Crippen molar-refractivity contribution < 1.29 is 19.4 Å². The summed E-state index contributed by atoms with van der Waals surface area (Å²) in [6, 6.07) is 0.0246. The van der Waals surface area contributed by atoms with Crippen LogP contribution in [0.4, 0.5) is 0 Å². The smallest absolute Gasteiger partial charge is 0.358 e. The monoisotopic (exact) mass is 393 g/mol. The lowest BCUT2D eigenvalue weighted by Gasteiger charge is -2.37. The standard InChI is InChI=1S/C17H19N3O4S2/c1-9-11-7-13(22)20(11)15(17(23)24-10(2)21)16(9)26-5-3-12-18-8-14-19(12)4-6-25-14/h4,6,8-11,21H,3,5,7H2,1-2H3/t9-,10-,11+/m1/s1. The number of aliphatic hydroxyl groups excluding tert-OH is 1. The van der Waals surface area contributed by atoms with Crippen molar-refractivity contribution in [2.75, 3.05) is 5.75 Å². The van der Waals surface area contributed by atoms with Crippen molar-refractivity contribution >= 4 is 39.8 Å². The molecule has 2 aromatic heterocycles. The van der Waals surface area contributed by atoms with Gasteiger partial charge in [-0.15, -0.1) is 23.1 Å². The molecule has 0 unspecified atom stereocenters. The van der Waals surface area contributed by atoms with Crippen LogP contribution < -0.4 is 0 Å². The van der Waals surface area contributed by atoms with E-state index in [1.165, 1.54) is 11.8 Å². The Morgan fingerprint density at radius 2 is 2.38 bits per heavy atom. The van der Waals surface area contributed by atoms with Crippen LogP contribution in [0.15, 0.2) is 28.4 Å². The van der Waals surface area contributed by atoms with Gasteiger partial charge in [-0.05, 0) is 6.92 Å². The highest BCUT2D eigenvalue weighted by molar-refractivity contribution is 8.03. The second kappa shape index (κ2) is 6.71. The number of aryl methyl sites for hydroxylation is 1. The van der Waals surface area contributed by atoms with Gasteiger partial charge in [0.1, 0.15) is 16.4 Å². The Kier molecular flexibility index (Phi) is 4.54. The number of β-lactam (4-membered cyclic amide) rings is 1. The van der Waals surface area contributed by atoms with Gasteiger partial charge >= 0.3 is 5.97 Å². The number of thiazole rings is 1. The second-order valence-corrected chi connectivity index (χ2v) is 8.49. The van der Waals surface area contributed by atoms with Crippen LogP contribution in [0.3, 0.4) is 0 Å². The van der Waals surface area contributed by atoms with Gasteiger partial charge < -0.3 is 14.7 Å². The van der Waals surface area contributed by atoms with Crippen LogP contribution in [0.25, 0.3) is 4.83 Å². The summed E-state index contributed by atoms with van der Waals surface area (Å²) in [4.78, 5) is 32.3. The summed E-state index contributed by atoms with van der Waals surface area (Å²) in [7, 11) is 0. The van der Waals surface area contributed by atoms with Gasteiger partial charge in [0.05, 0.1) is 12.2 Å². The van der Waals surface area contributed by atoms with Crippen LogP contribution in [0, 0.1) is 5.92 Å². The van der Waals surface area contributed by atoms with Gasteiger partial charge in [0.2, 0.25) is 5.91 Å². The van der Waals surface area contributed by atoms with E-state index in [9.17, 15) is 14.7 Å². The lowest BCUT2D eigenvalue weighted by atomic mass is 9.94. The summed E-state index contributed by atoms with van der Waals surface area (Å²) >= 11 is 3.21. The average Bonchev–Trinajstić information content (AvgIpc) is 3.22. The summed E-state index contributed by atoms with van der Waals surface area (Å²) in [5.74, 6) is 1.12. The molecule has 1 N–H and O–H groups in total. The van der Waals surface area contributed by atoms with E-state index in [1.54, 1.807) is 23.1 Å². The maximum atomic E-state index is 12.4. The number of hydrogen-bond donors (Lipinski definition) is 1. The van der Waals surface area contributed by atoms with Crippen molar-refractivity contribution in [3.8, 4) is 0 Å². The second-order valence-electron chi connectivity index (χ2n) is 6.43. The van der Waals surface area contributed by atoms with Crippen LogP contribution in [-0.4, -0.2) is 49.4 Å². The number of imidazole rings is 1. The number of thioether (sulfide) groups is 1. The summed E-state index contributed by atoms with van der Waals surface area (Å²) < 4.78 is 7.02. The van der Waals surface area contributed by atoms with E-state index in [1.807, 2.05) is 24.7 Å². The van der Waals surface area contributed by atoms with E-state index in [0.29, 0.717) is 12.1 Å². The number of esters is 1. The molecule has 4 rings (SSSR count). The number of fused-ring (bicyclic) bond motifs is 2. The Bertz CT molecular complexity index is 901. The lowest BCUT2D eigenvalue weighted by molar-refractivity contribution is -0.165. The van der Waals surface area contributed by atoms with Crippen molar-refractivity contribution in [2.45, 2.75) is 39.0 Å². The summed E-state index contributed by atoms with van der Waals surface area (Å²) in [6.07, 6.45) is 3.86. The van der Waals surface area contributed by atoms with E-state index in [4.69, 9.17) is 4.74 Å². The van der Waals surface area contributed by atoms with Gasteiger partial charge in [-0.25, -0.2) is 9.78 Å². The third-order valence-corrected chi connectivity index (χ3v) is 6.83. The van der Waals surface area contributed by atoms with Crippen LogP contribution in [-0.2, 0) is 20.7 Å². The Morgan fingerprint density at radius 3 is 3.12 bits per heavy atom. The normalized spacial score (nSPS) is 23.3. The van der Waals surface area contributed by atoms with Gasteiger partial charge in [0.15, 0.2) is 6.29 Å². The van der Waals surface area contributed by atoms with E-state index in [0.717, 1.165) is 27.7 Å². The number of carbonyl (C=O) groups excluding carboxylic acids is 2. The van der Waals surface area contributed by atoms with Crippen molar-refractivity contribution in [1.82, 2.24) is 14.3 Å². The van der Waals surface area contributed by atoms with E-state index >= 15 is 0 Å². The highest BCUT2D eigenvalue weighted by Gasteiger charge is 2.52. The molecule has 0 spiro atoms. The van der Waals surface area contributed by atoms with E-state index in [2.05, 4.69) is 9.38 Å². The molecule has 26 heavy (non-hydrogen) atoms. The van der Waals surface area contributed by atoms with Gasteiger partial charge in [-0.2, -0.15) is 0 Å². The minimum absolute atomic E-state index is 0.0246. The summed E-state index contributed by atoms with van der Waals surface area (Å²) in [5, 5.41) is 11.4. The number of aliphatic hydroxyl groups is 1. The molecule has 0 saturated carbocycles. The summed E-state index contributed by atoms with van der Waals surface area (Å²) in [6.45, 7) is 3.41. The maximum Gasteiger partial charge on any atom is 0.358 e. The molecule has 138 valence electrons. The predicted molar refractivity (Wildman–Crippen MR) is 98.4 cm³/mol. The molecule has 7 nitrogen and oxygen atoms in total. The van der Waals surface area contributed by atoms with Gasteiger partial charge in [-0.3, -0.25) is 9.20 Å². The first-order valence-corrected chi connectivity index (χ1v) is 10.3. The molecular weight excluding hydrogens is 374 g/mol. The topological polar surface area (TPSA) is 84.1 Å². The molecule has 0 bridgehead atoms.